The van der Waals surface area contributed by atoms with Gasteiger partial charge in [-0.2, -0.15) is 5.26 Å². The maximum absolute atomic E-state index is 12.3. The SMILES string of the molecule is CC1(C)C(O)CC1NS(=O)(=O)c1ccccc1C#N. The molecule has 0 saturated heterocycles. The fraction of sp³-hybridized carbons (Fsp3) is 0.462. The van der Waals surface area contributed by atoms with Crippen LogP contribution >= 0.6 is 0 Å². The lowest BCUT2D eigenvalue weighted by atomic mass is 9.65. The van der Waals surface area contributed by atoms with E-state index < -0.39 is 21.5 Å². The van der Waals surface area contributed by atoms with Gasteiger partial charge in [-0.1, -0.05) is 26.0 Å². The fourth-order valence-electron chi connectivity index (χ4n) is 2.15. The molecule has 1 aliphatic rings. The Labute approximate surface area is 112 Å². The Hall–Kier alpha value is -1.42. The van der Waals surface area contributed by atoms with Crippen LogP contribution in [0.3, 0.4) is 0 Å². The van der Waals surface area contributed by atoms with E-state index in [4.69, 9.17) is 5.26 Å². The number of nitriles is 1. The minimum Gasteiger partial charge on any atom is -0.392 e. The molecule has 5 nitrogen and oxygen atoms in total. The Kier molecular flexibility index (Phi) is 3.39. The first-order valence-electron chi connectivity index (χ1n) is 5.98. The number of benzene rings is 1. The summed E-state index contributed by atoms with van der Waals surface area (Å²) in [6.45, 7) is 3.62. The summed E-state index contributed by atoms with van der Waals surface area (Å²) in [6, 6.07) is 7.62. The van der Waals surface area contributed by atoms with E-state index in [1.807, 2.05) is 19.9 Å². The van der Waals surface area contributed by atoms with Crippen molar-refractivity contribution < 1.29 is 13.5 Å². The first kappa shape index (κ1) is 14.0. The van der Waals surface area contributed by atoms with Crippen molar-refractivity contribution in [3.8, 4) is 6.07 Å². The maximum atomic E-state index is 12.3. The maximum Gasteiger partial charge on any atom is 0.242 e. The van der Waals surface area contributed by atoms with Crippen LogP contribution in [0.25, 0.3) is 0 Å². The van der Waals surface area contributed by atoms with Gasteiger partial charge in [0.2, 0.25) is 10.0 Å². The summed E-state index contributed by atoms with van der Waals surface area (Å²) < 4.78 is 27.1. The van der Waals surface area contributed by atoms with Gasteiger partial charge in [0.15, 0.2) is 0 Å². The van der Waals surface area contributed by atoms with E-state index in [0.29, 0.717) is 6.42 Å². The molecule has 0 aromatic heterocycles. The summed E-state index contributed by atoms with van der Waals surface area (Å²) in [5, 5.41) is 18.6. The highest BCUT2D eigenvalue weighted by Gasteiger charge is 2.49. The standard InChI is InChI=1S/C13H16N2O3S/c1-13(2)11(7-12(13)16)15-19(17,18)10-6-4-3-5-9(10)8-14/h3-6,11-12,15-16H,7H2,1-2H3. The lowest BCUT2D eigenvalue weighted by molar-refractivity contribution is -0.0645. The average molecular weight is 280 g/mol. The first-order valence-corrected chi connectivity index (χ1v) is 7.47. The zero-order valence-electron chi connectivity index (χ0n) is 10.8. The summed E-state index contributed by atoms with van der Waals surface area (Å²) in [4.78, 5) is -0.0188. The number of rotatable bonds is 3. The average Bonchev–Trinajstić information content (AvgIpc) is 2.38. The van der Waals surface area contributed by atoms with E-state index in [9.17, 15) is 13.5 Å². The van der Waals surface area contributed by atoms with E-state index in [2.05, 4.69) is 4.72 Å². The molecule has 0 radical (unpaired) electrons. The van der Waals surface area contributed by atoms with Gasteiger partial charge >= 0.3 is 0 Å². The van der Waals surface area contributed by atoms with Crippen molar-refractivity contribution in [3.63, 3.8) is 0 Å². The number of aliphatic hydroxyl groups is 1. The number of nitrogens with one attached hydrogen (secondary N) is 1. The smallest absolute Gasteiger partial charge is 0.242 e. The second-order valence-electron chi connectivity index (χ2n) is 5.35. The molecule has 0 spiro atoms. The largest absolute Gasteiger partial charge is 0.392 e. The number of hydrogen-bond acceptors (Lipinski definition) is 4. The summed E-state index contributed by atoms with van der Waals surface area (Å²) in [7, 11) is -3.74. The minimum absolute atomic E-state index is 0.0188. The molecule has 6 heteroatoms. The van der Waals surface area contributed by atoms with Crippen molar-refractivity contribution >= 4 is 10.0 Å². The molecule has 2 unspecified atom stereocenters. The molecule has 2 N–H and O–H groups in total. The van der Waals surface area contributed by atoms with Gasteiger partial charge in [0, 0.05) is 11.5 Å². The first-order chi connectivity index (χ1) is 8.79. The fourth-order valence-corrected chi connectivity index (χ4v) is 3.71. The number of aliphatic hydroxyl groups excluding tert-OH is 1. The Balaban J connectivity index is 2.28. The van der Waals surface area contributed by atoms with Gasteiger partial charge in [0.25, 0.3) is 0 Å². The van der Waals surface area contributed by atoms with Gasteiger partial charge in [-0.15, -0.1) is 0 Å². The van der Waals surface area contributed by atoms with Crippen LogP contribution < -0.4 is 4.72 Å². The van der Waals surface area contributed by atoms with Crippen molar-refractivity contribution in [2.24, 2.45) is 5.41 Å². The molecule has 19 heavy (non-hydrogen) atoms. The molecule has 0 heterocycles. The second-order valence-corrected chi connectivity index (χ2v) is 7.04. The molecule has 1 saturated carbocycles. The molecule has 102 valence electrons. The normalized spacial score (nSPS) is 25.4. The zero-order chi connectivity index (χ0) is 14.3. The van der Waals surface area contributed by atoms with Crippen LogP contribution in [0.4, 0.5) is 0 Å². The lowest BCUT2D eigenvalue weighted by Gasteiger charge is -2.49. The van der Waals surface area contributed by atoms with Crippen molar-refractivity contribution in [1.82, 2.24) is 4.72 Å². The summed E-state index contributed by atoms with van der Waals surface area (Å²) in [6.07, 6.45) is -0.118. The molecular weight excluding hydrogens is 264 g/mol. The monoisotopic (exact) mass is 280 g/mol. The molecule has 1 aliphatic carbocycles. The van der Waals surface area contributed by atoms with Gasteiger partial charge in [-0.05, 0) is 18.6 Å². The Morgan fingerprint density at radius 1 is 1.42 bits per heavy atom. The van der Waals surface area contributed by atoms with Crippen LogP contribution in [0.2, 0.25) is 0 Å². The number of hydrogen-bond donors (Lipinski definition) is 2. The van der Waals surface area contributed by atoms with Crippen LogP contribution in [0.15, 0.2) is 29.2 Å². The Bertz CT molecular complexity index is 632. The minimum atomic E-state index is -3.74. The third kappa shape index (κ3) is 2.37. The van der Waals surface area contributed by atoms with Gasteiger partial charge < -0.3 is 5.11 Å². The molecular formula is C13H16N2O3S. The van der Waals surface area contributed by atoms with E-state index in [1.54, 1.807) is 12.1 Å². The molecule has 2 atom stereocenters. The molecule has 1 aromatic rings. The van der Waals surface area contributed by atoms with E-state index in [1.165, 1.54) is 12.1 Å². The van der Waals surface area contributed by atoms with Crippen LogP contribution in [-0.2, 0) is 10.0 Å². The van der Waals surface area contributed by atoms with Crippen molar-refractivity contribution in [1.29, 1.82) is 5.26 Å². The molecule has 1 aromatic carbocycles. The van der Waals surface area contributed by atoms with Crippen LogP contribution in [0.1, 0.15) is 25.8 Å². The van der Waals surface area contributed by atoms with Crippen molar-refractivity contribution in [3.05, 3.63) is 29.8 Å². The van der Waals surface area contributed by atoms with Crippen LogP contribution in [-0.4, -0.2) is 25.7 Å². The second kappa shape index (κ2) is 4.60. The van der Waals surface area contributed by atoms with Gasteiger partial charge in [-0.3, -0.25) is 0 Å². The predicted octanol–water partition coefficient (Wildman–Crippen LogP) is 0.996. The predicted molar refractivity (Wildman–Crippen MR) is 69.7 cm³/mol. The molecule has 0 amide bonds. The Morgan fingerprint density at radius 3 is 2.58 bits per heavy atom. The summed E-state index contributed by atoms with van der Waals surface area (Å²) >= 11 is 0. The summed E-state index contributed by atoms with van der Waals surface area (Å²) in [5.74, 6) is 0. The van der Waals surface area contributed by atoms with Crippen LogP contribution in [0.5, 0.6) is 0 Å². The zero-order valence-corrected chi connectivity index (χ0v) is 11.6. The molecule has 2 rings (SSSR count). The van der Waals surface area contributed by atoms with Crippen molar-refractivity contribution in [2.75, 3.05) is 0 Å². The number of nitrogens with zero attached hydrogens (tertiary/aromatic N) is 1. The number of sulfonamides is 1. The third-order valence-corrected chi connectivity index (χ3v) is 5.34. The summed E-state index contributed by atoms with van der Waals surface area (Å²) in [5.41, 5.74) is -0.373. The molecule has 0 aliphatic heterocycles. The molecule has 0 bridgehead atoms. The van der Waals surface area contributed by atoms with Crippen molar-refractivity contribution in [2.45, 2.75) is 37.3 Å². The van der Waals surface area contributed by atoms with E-state index >= 15 is 0 Å². The van der Waals surface area contributed by atoms with Crippen LogP contribution in [0, 0.1) is 16.7 Å². The van der Waals surface area contributed by atoms with E-state index in [0.717, 1.165) is 0 Å². The third-order valence-electron chi connectivity index (χ3n) is 3.81. The quantitative estimate of drug-likeness (QED) is 0.864. The highest BCUT2D eigenvalue weighted by atomic mass is 32.2. The van der Waals surface area contributed by atoms with Gasteiger partial charge in [0.05, 0.1) is 16.6 Å². The topological polar surface area (TPSA) is 90.2 Å². The highest BCUT2D eigenvalue weighted by molar-refractivity contribution is 7.89. The molecule has 1 fully saturated rings. The van der Waals surface area contributed by atoms with E-state index in [-0.39, 0.29) is 16.5 Å². The highest BCUT2D eigenvalue weighted by Crippen LogP contribution is 2.41. The van der Waals surface area contributed by atoms with Gasteiger partial charge in [-0.25, -0.2) is 13.1 Å². The lowest BCUT2D eigenvalue weighted by Crippen LogP contribution is -2.61. The van der Waals surface area contributed by atoms with Gasteiger partial charge in [0.1, 0.15) is 6.07 Å². The Morgan fingerprint density at radius 2 is 2.05 bits per heavy atom.